The van der Waals surface area contributed by atoms with Gasteiger partial charge in [-0.2, -0.15) is 0 Å². The van der Waals surface area contributed by atoms with Gasteiger partial charge >= 0.3 is 0 Å². The molecule has 1 heterocycles. The van der Waals surface area contributed by atoms with Crippen LogP contribution < -0.4 is 20.1 Å². The monoisotopic (exact) mass is 410 g/mol. The molecular formula is C17H22N4O4S2. The molecule has 0 spiro atoms. The third kappa shape index (κ3) is 5.44. The SMILES string of the molecule is CNC(=S)NS(=O)(=O)c1cc(CC(=O)NC(C)c2cc[nH]c2)ccc1OC. The maximum atomic E-state index is 12.5. The van der Waals surface area contributed by atoms with Crippen molar-refractivity contribution in [3.8, 4) is 5.75 Å². The van der Waals surface area contributed by atoms with Crippen molar-refractivity contribution in [1.29, 1.82) is 0 Å². The van der Waals surface area contributed by atoms with Crippen LogP contribution in [0.1, 0.15) is 24.1 Å². The zero-order valence-electron chi connectivity index (χ0n) is 15.2. The van der Waals surface area contributed by atoms with Crippen LogP contribution in [0.2, 0.25) is 0 Å². The van der Waals surface area contributed by atoms with Gasteiger partial charge in [0, 0.05) is 19.4 Å². The third-order valence-corrected chi connectivity index (χ3v) is 5.64. The second kappa shape index (κ2) is 8.87. The van der Waals surface area contributed by atoms with E-state index in [-0.39, 0.29) is 34.1 Å². The lowest BCUT2D eigenvalue weighted by Gasteiger charge is -2.15. The molecule has 0 saturated carbocycles. The maximum Gasteiger partial charge on any atom is 0.267 e. The van der Waals surface area contributed by atoms with Gasteiger partial charge in [-0.05, 0) is 48.5 Å². The zero-order chi connectivity index (χ0) is 20.0. The largest absolute Gasteiger partial charge is 0.495 e. The molecule has 10 heteroatoms. The summed E-state index contributed by atoms with van der Waals surface area (Å²) in [4.78, 5) is 15.2. The second-order valence-electron chi connectivity index (χ2n) is 5.78. The molecule has 0 aliphatic carbocycles. The summed E-state index contributed by atoms with van der Waals surface area (Å²) in [6.45, 7) is 1.87. The minimum Gasteiger partial charge on any atom is -0.495 e. The number of carbonyl (C=O) groups is 1. The molecule has 2 rings (SSSR count). The second-order valence-corrected chi connectivity index (χ2v) is 7.84. The summed E-state index contributed by atoms with van der Waals surface area (Å²) in [5, 5.41) is 5.38. The third-order valence-electron chi connectivity index (χ3n) is 3.84. The number of ether oxygens (including phenoxy) is 1. The minimum atomic E-state index is -3.95. The Kier molecular flexibility index (Phi) is 6.81. The van der Waals surface area contributed by atoms with Crippen molar-refractivity contribution in [3.05, 3.63) is 47.8 Å². The van der Waals surface area contributed by atoms with E-state index in [2.05, 4.69) is 20.3 Å². The Morgan fingerprint density at radius 2 is 2.07 bits per heavy atom. The predicted octanol–water partition coefficient (Wildman–Crippen LogP) is 1.23. The highest BCUT2D eigenvalue weighted by atomic mass is 32.2. The number of thiocarbonyl (C=S) groups is 1. The van der Waals surface area contributed by atoms with Gasteiger partial charge in [-0.15, -0.1) is 0 Å². The first-order chi connectivity index (χ1) is 12.8. The lowest BCUT2D eigenvalue weighted by atomic mass is 10.1. The van der Waals surface area contributed by atoms with Gasteiger partial charge in [0.25, 0.3) is 10.0 Å². The number of sulfonamides is 1. The number of hydrogen-bond donors (Lipinski definition) is 4. The molecule has 0 radical (unpaired) electrons. The summed E-state index contributed by atoms with van der Waals surface area (Å²) in [5.74, 6) is -0.0674. The molecule has 1 atom stereocenters. The number of nitrogens with one attached hydrogen (secondary N) is 4. The number of H-pyrrole nitrogens is 1. The van der Waals surface area contributed by atoms with Crippen LogP contribution >= 0.6 is 12.2 Å². The first-order valence-corrected chi connectivity index (χ1v) is 9.99. The number of methoxy groups -OCH3 is 1. The smallest absolute Gasteiger partial charge is 0.267 e. The molecule has 2 aromatic rings. The van der Waals surface area contributed by atoms with Crippen molar-refractivity contribution in [1.82, 2.24) is 20.3 Å². The lowest BCUT2D eigenvalue weighted by Crippen LogP contribution is -2.37. The number of aromatic nitrogens is 1. The summed E-state index contributed by atoms with van der Waals surface area (Å²) >= 11 is 4.86. The molecule has 0 bridgehead atoms. The highest BCUT2D eigenvalue weighted by Gasteiger charge is 2.22. The quantitative estimate of drug-likeness (QED) is 0.511. The maximum absolute atomic E-state index is 12.5. The Morgan fingerprint density at radius 3 is 2.67 bits per heavy atom. The number of amides is 1. The van der Waals surface area contributed by atoms with Crippen LogP contribution in [0, 0.1) is 0 Å². The fraction of sp³-hybridized carbons (Fsp3) is 0.294. The summed E-state index contributed by atoms with van der Waals surface area (Å²) in [6.07, 6.45) is 3.61. The number of benzene rings is 1. The van der Waals surface area contributed by atoms with E-state index in [9.17, 15) is 13.2 Å². The Bertz CT molecular complexity index is 911. The van der Waals surface area contributed by atoms with Crippen LogP contribution in [0.15, 0.2) is 41.6 Å². The number of hydrogen-bond acceptors (Lipinski definition) is 5. The van der Waals surface area contributed by atoms with Crippen LogP contribution in [0.25, 0.3) is 0 Å². The van der Waals surface area contributed by atoms with Crippen molar-refractivity contribution in [2.24, 2.45) is 0 Å². The molecule has 0 aliphatic rings. The van der Waals surface area contributed by atoms with E-state index in [1.165, 1.54) is 26.3 Å². The van der Waals surface area contributed by atoms with E-state index in [0.29, 0.717) is 5.56 Å². The molecule has 0 fully saturated rings. The van der Waals surface area contributed by atoms with Gasteiger partial charge in [0.2, 0.25) is 5.91 Å². The molecule has 27 heavy (non-hydrogen) atoms. The number of carbonyl (C=O) groups excluding carboxylic acids is 1. The molecular weight excluding hydrogens is 388 g/mol. The van der Waals surface area contributed by atoms with Gasteiger partial charge in [-0.1, -0.05) is 6.07 Å². The van der Waals surface area contributed by atoms with Gasteiger partial charge in [0.1, 0.15) is 10.6 Å². The Labute approximate surface area is 163 Å². The van der Waals surface area contributed by atoms with Crippen molar-refractivity contribution in [2.45, 2.75) is 24.3 Å². The Morgan fingerprint density at radius 1 is 1.33 bits per heavy atom. The standard InChI is InChI=1S/C17H22N4O4S2/c1-11(13-6-7-19-10-13)20-16(22)9-12-4-5-14(25-3)15(8-12)27(23,24)21-17(26)18-2/h4-8,10-11,19H,9H2,1-3H3,(H,20,22)(H2,18,21,26). The minimum absolute atomic E-state index is 0.0255. The molecule has 1 amide bonds. The highest BCUT2D eigenvalue weighted by molar-refractivity contribution is 7.92. The molecule has 1 aromatic carbocycles. The summed E-state index contributed by atoms with van der Waals surface area (Å²) in [7, 11) is -1.07. The normalized spacial score (nSPS) is 12.1. The van der Waals surface area contributed by atoms with E-state index in [1.807, 2.05) is 13.0 Å². The summed E-state index contributed by atoms with van der Waals surface area (Å²) in [6, 6.07) is 6.27. The van der Waals surface area contributed by atoms with Gasteiger partial charge in [-0.25, -0.2) is 8.42 Å². The first-order valence-electron chi connectivity index (χ1n) is 8.10. The van der Waals surface area contributed by atoms with E-state index in [4.69, 9.17) is 17.0 Å². The van der Waals surface area contributed by atoms with E-state index < -0.39 is 10.0 Å². The van der Waals surface area contributed by atoms with Crippen molar-refractivity contribution in [3.63, 3.8) is 0 Å². The molecule has 8 nitrogen and oxygen atoms in total. The van der Waals surface area contributed by atoms with Crippen molar-refractivity contribution in [2.75, 3.05) is 14.2 Å². The predicted molar refractivity (Wildman–Crippen MR) is 106 cm³/mol. The Balaban J connectivity index is 2.18. The van der Waals surface area contributed by atoms with Gasteiger partial charge in [0.05, 0.1) is 19.6 Å². The lowest BCUT2D eigenvalue weighted by molar-refractivity contribution is -0.121. The van der Waals surface area contributed by atoms with Gasteiger partial charge in [-0.3, -0.25) is 9.52 Å². The first kappa shape index (κ1) is 20.7. The molecule has 1 aromatic heterocycles. The van der Waals surface area contributed by atoms with E-state index in [1.54, 1.807) is 18.5 Å². The van der Waals surface area contributed by atoms with E-state index in [0.717, 1.165) is 5.56 Å². The molecule has 4 N–H and O–H groups in total. The fourth-order valence-corrected chi connectivity index (χ4v) is 3.94. The van der Waals surface area contributed by atoms with Crippen molar-refractivity contribution >= 4 is 33.3 Å². The molecule has 0 aliphatic heterocycles. The zero-order valence-corrected chi connectivity index (χ0v) is 16.8. The topological polar surface area (TPSA) is 112 Å². The summed E-state index contributed by atoms with van der Waals surface area (Å²) < 4.78 is 32.4. The van der Waals surface area contributed by atoms with Crippen LogP contribution in [-0.2, 0) is 21.2 Å². The van der Waals surface area contributed by atoms with Crippen LogP contribution in [0.5, 0.6) is 5.75 Å². The molecule has 0 saturated heterocycles. The fourth-order valence-electron chi connectivity index (χ4n) is 2.44. The highest BCUT2D eigenvalue weighted by Crippen LogP contribution is 2.25. The molecule has 1 unspecified atom stereocenters. The average Bonchev–Trinajstić information content (AvgIpc) is 3.16. The number of rotatable bonds is 7. The van der Waals surface area contributed by atoms with Crippen LogP contribution in [-0.4, -0.2) is 38.6 Å². The molecule has 146 valence electrons. The van der Waals surface area contributed by atoms with E-state index >= 15 is 0 Å². The number of aromatic amines is 1. The summed E-state index contributed by atoms with van der Waals surface area (Å²) in [5.41, 5.74) is 1.48. The average molecular weight is 411 g/mol. The van der Waals surface area contributed by atoms with Crippen LogP contribution in [0.4, 0.5) is 0 Å². The van der Waals surface area contributed by atoms with Gasteiger partial charge in [0.15, 0.2) is 5.11 Å². The van der Waals surface area contributed by atoms with Gasteiger partial charge < -0.3 is 20.4 Å². The van der Waals surface area contributed by atoms with Crippen molar-refractivity contribution < 1.29 is 17.9 Å². The van der Waals surface area contributed by atoms with Crippen LogP contribution in [0.3, 0.4) is 0 Å². The Hall–Kier alpha value is -2.59.